The van der Waals surface area contributed by atoms with Crippen molar-refractivity contribution >= 4 is 5.78 Å². The summed E-state index contributed by atoms with van der Waals surface area (Å²) in [7, 11) is 0. The Morgan fingerprint density at radius 3 is 2.22 bits per heavy atom. The van der Waals surface area contributed by atoms with Gasteiger partial charge in [-0.3, -0.25) is 4.79 Å². The molecular weight excluding hydrogens is 122 g/mol. The van der Waals surface area contributed by atoms with Gasteiger partial charge in [0.05, 0.1) is 12.1 Å². The van der Waals surface area contributed by atoms with E-state index in [1.54, 1.807) is 0 Å². The molecule has 0 aromatic carbocycles. The van der Waals surface area contributed by atoms with Gasteiger partial charge in [-0.25, -0.2) is 0 Å². The number of aliphatic hydroxyl groups is 1. The van der Waals surface area contributed by atoms with E-state index in [1.165, 1.54) is 19.3 Å². The second-order valence-corrected chi connectivity index (χ2v) is 1.95. The highest BCUT2D eigenvalue weighted by molar-refractivity contribution is 5.82. The molecule has 0 aliphatic carbocycles. The molecule has 4 nitrogen and oxygen atoms in total. The highest BCUT2D eigenvalue weighted by Crippen LogP contribution is 1.92. The van der Waals surface area contributed by atoms with E-state index in [4.69, 9.17) is 5.11 Å². The number of Topliss-reactive ketones (excluding diaryl/α,β-unsaturated/α-hetero) is 1. The number of carbonyl (C=O) groups is 1. The van der Waals surface area contributed by atoms with Crippen molar-refractivity contribution in [3.05, 3.63) is 5.21 Å². The number of nitrogens with one attached hydrogen (secondary N) is 1. The van der Waals surface area contributed by atoms with E-state index >= 15 is 0 Å². The minimum atomic E-state index is -0.968. The second kappa shape index (κ2) is 3.55. The fourth-order valence-electron chi connectivity index (χ4n) is 0.521. The van der Waals surface area contributed by atoms with Crippen LogP contribution in [0.5, 0.6) is 0 Å². The van der Waals surface area contributed by atoms with Crippen LogP contribution in [-0.2, 0) is 4.79 Å². The predicted octanol–water partition coefficient (Wildman–Crippen LogP) is -0.588. The summed E-state index contributed by atoms with van der Waals surface area (Å²) in [4.78, 5) is 10.4. The maximum atomic E-state index is 10.4. The van der Waals surface area contributed by atoms with E-state index in [2.05, 4.69) is 0 Å². The van der Waals surface area contributed by atoms with Gasteiger partial charge < -0.3 is 15.8 Å². The van der Waals surface area contributed by atoms with Gasteiger partial charge in [0.1, 0.15) is 5.78 Å². The van der Waals surface area contributed by atoms with Crippen LogP contribution in [0.25, 0.3) is 0 Å². The lowest BCUT2D eigenvalue weighted by atomic mass is 10.1. The normalized spacial score (nSPS) is 16.9. The average Bonchev–Trinajstić information content (AvgIpc) is 1.64. The summed E-state index contributed by atoms with van der Waals surface area (Å²) in [5.74, 6) is -0.347. The maximum Gasteiger partial charge on any atom is 0.148 e. The zero-order chi connectivity index (χ0) is 7.44. The molecule has 0 spiro atoms. The molecule has 0 radical (unpaired) electrons. The van der Waals surface area contributed by atoms with Gasteiger partial charge in [0, 0.05) is 0 Å². The molecule has 0 aliphatic rings. The SMILES string of the molecule is CC(=O)[C@H](N[O-])[C@H](C)O. The van der Waals surface area contributed by atoms with E-state index in [0.717, 1.165) is 0 Å². The summed E-state index contributed by atoms with van der Waals surface area (Å²) in [5.41, 5.74) is 1.45. The first-order chi connectivity index (χ1) is 4.09. The lowest BCUT2D eigenvalue weighted by Crippen LogP contribution is -2.40. The number of hydroxylamine groups is 1. The van der Waals surface area contributed by atoms with Gasteiger partial charge in [0.2, 0.25) is 0 Å². The molecule has 2 atom stereocenters. The molecule has 0 aromatic rings. The lowest BCUT2D eigenvalue weighted by molar-refractivity contribution is -0.120. The summed E-state index contributed by atoms with van der Waals surface area (Å²) in [6.07, 6.45) is -0.917. The highest BCUT2D eigenvalue weighted by atomic mass is 16.5. The fourth-order valence-corrected chi connectivity index (χ4v) is 0.521. The van der Waals surface area contributed by atoms with E-state index in [9.17, 15) is 10.0 Å². The zero-order valence-corrected chi connectivity index (χ0v) is 5.42. The van der Waals surface area contributed by atoms with Gasteiger partial charge in [-0.1, -0.05) is 0 Å². The quantitative estimate of drug-likeness (QED) is 0.503. The van der Waals surface area contributed by atoms with Gasteiger partial charge in [-0.05, 0) is 13.8 Å². The maximum absolute atomic E-state index is 10.4. The van der Waals surface area contributed by atoms with Crippen LogP contribution in [-0.4, -0.2) is 23.0 Å². The van der Waals surface area contributed by atoms with E-state index < -0.39 is 12.1 Å². The van der Waals surface area contributed by atoms with Crippen LogP contribution >= 0.6 is 0 Å². The largest absolute Gasteiger partial charge is 0.787 e. The number of ketones is 1. The van der Waals surface area contributed by atoms with Gasteiger partial charge in [0.15, 0.2) is 0 Å². The number of hydrogen-bond acceptors (Lipinski definition) is 4. The second-order valence-electron chi connectivity index (χ2n) is 1.95. The van der Waals surface area contributed by atoms with Crippen molar-refractivity contribution in [3.63, 3.8) is 0 Å². The highest BCUT2D eigenvalue weighted by Gasteiger charge is 2.14. The summed E-state index contributed by atoms with van der Waals surface area (Å²) in [5, 5.41) is 18.6. The Morgan fingerprint density at radius 2 is 2.22 bits per heavy atom. The standard InChI is InChI=1S/C5H10NO3/c1-3(7)5(6-9)4(2)8/h3,5-7H,1-2H3/q-1/t3-,5+/m0/s1. The minimum absolute atomic E-state index is 0.347. The van der Waals surface area contributed by atoms with Gasteiger partial charge in [-0.2, -0.15) is 0 Å². The lowest BCUT2D eigenvalue weighted by Gasteiger charge is -2.21. The van der Waals surface area contributed by atoms with Crippen LogP contribution in [0.2, 0.25) is 0 Å². The summed E-state index contributed by atoms with van der Waals surface area (Å²) >= 11 is 0. The van der Waals surface area contributed by atoms with Crippen molar-refractivity contribution in [1.82, 2.24) is 5.48 Å². The zero-order valence-electron chi connectivity index (χ0n) is 5.42. The molecule has 0 saturated heterocycles. The average molecular weight is 132 g/mol. The van der Waals surface area contributed by atoms with Crippen molar-refractivity contribution in [2.24, 2.45) is 0 Å². The van der Waals surface area contributed by atoms with Crippen LogP contribution < -0.4 is 5.48 Å². The first kappa shape index (κ1) is 8.55. The minimum Gasteiger partial charge on any atom is -0.787 e. The molecule has 0 aromatic heterocycles. The van der Waals surface area contributed by atoms with E-state index in [1.807, 2.05) is 0 Å². The molecule has 0 amide bonds. The monoisotopic (exact) mass is 132 g/mol. The Kier molecular flexibility index (Phi) is 3.37. The Hall–Kier alpha value is -0.450. The van der Waals surface area contributed by atoms with Crippen LogP contribution in [0.3, 0.4) is 0 Å². The molecule has 0 bridgehead atoms. The number of rotatable bonds is 3. The molecule has 0 fully saturated rings. The molecule has 0 heterocycles. The van der Waals surface area contributed by atoms with Crippen LogP contribution in [0.1, 0.15) is 13.8 Å². The number of aliphatic hydroxyl groups excluding tert-OH is 1. The molecule has 0 unspecified atom stereocenters. The third-order valence-corrected chi connectivity index (χ3v) is 1.05. The summed E-state index contributed by atoms with van der Waals surface area (Å²) < 4.78 is 0. The van der Waals surface area contributed by atoms with Crippen molar-refractivity contribution in [3.8, 4) is 0 Å². The topological polar surface area (TPSA) is 72.4 Å². The van der Waals surface area contributed by atoms with Crippen LogP contribution in [0.15, 0.2) is 0 Å². The molecule has 9 heavy (non-hydrogen) atoms. The third kappa shape index (κ3) is 2.55. The van der Waals surface area contributed by atoms with Crippen molar-refractivity contribution in [2.75, 3.05) is 0 Å². The van der Waals surface area contributed by atoms with Gasteiger partial charge in [-0.15, -0.1) is 0 Å². The van der Waals surface area contributed by atoms with E-state index in [-0.39, 0.29) is 5.78 Å². The van der Waals surface area contributed by atoms with Gasteiger partial charge in [0.25, 0.3) is 0 Å². The number of carbonyl (C=O) groups excluding carboxylic acids is 1. The van der Waals surface area contributed by atoms with E-state index in [0.29, 0.717) is 0 Å². The predicted molar refractivity (Wildman–Crippen MR) is 32.7 cm³/mol. The fraction of sp³-hybridized carbons (Fsp3) is 0.800. The van der Waals surface area contributed by atoms with Gasteiger partial charge >= 0.3 is 0 Å². The molecule has 4 heteroatoms. The molecule has 0 saturated carbocycles. The summed E-state index contributed by atoms with van der Waals surface area (Å²) in [6, 6.07) is -0.968. The molecule has 0 rings (SSSR count). The number of hydrogen-bond donors (Lipinski definition) is 2. The molecule has 54 valence electrons. The first-order valence-corrected chi connectivity index (χ1v) is 2.65. The molecule has 2 N–H and O–H groups in total. The van der Waals surface area contributed by atoms with Crippen molar-refractivity contribution in [2.45, 2.75) is 26.0 Å². The smallest absolute Gasteiger partial charge is 0.148 e. The van der Waals surface area contributed by atoms with Crippen LogP contribution in [0.4, 0.5) is 0 Å². The molecule has 0 aliphatic heterocycles. The Balaban J connectivity index is 3.83. The Labute approximate surface area is 53.5 Å². The Morgan fingerprint density at radius 1 is 1.78 bits per heavy atom. The Bertz CT molecular complexity index is 102. The van der Waals surface area contributed by atoms with Crippen molar-refractivity contribution in [1.29, 1.82) is 0 Å². The first-order valence-electron chi connectivity index (χ1n) is 2.65. The van der Waals surface area contributed by atoms with Crippen LogP contribution in [0, 0.1) is 5.21 Å². The van der Waals surface area contributed by atoms with Crippen molar-refractivity contribution < 1.29 is 9.90 Å². The molecular formula is C5H10NO3-. The third-order valence-electron chi connectivity index (χ3n) is 1.05. The summed E-state index contributed by atoms with van der Waals surface area (Å²) in [6.45, 7) is 2.64.